The Kier molecular flexibility index (Phi) is 3.06. The van der Waals surface area contributed by atoms with Crippen molar-refractivity contribution in [3.63, 3.8) is 0 Å². The van der Waals surface area contributed by atoms with Crippen molar-refractivity contribution in [3.8, 4) is 11.5 Å². The Morgan fingerprint density at radius 2 is 2.05 bits per heavy atom. The fraction of sp³-hybridized carbons (Fsp3) is 0.500. The van der Waals surface area contributed by atoms with Gasteiger partial charge in [0.2, 0.25) is 6.10 Å². The maximum atomic E-state index is 12.4. The van der Waals surface area contributed by atoms with Crippen LogP contribution in [0.2, 0.25) is 0 Å². The van der Waals surface area contributed by atoms with Gasteiger partial charge in [0.15, 0.2) is 11.5 Å². The summed E-state index contributed by atoms with van der Waals surface area (Å²) in [5, 5.41) is 0. The van der Waals surface area contributed by atoms with Crippen molar-refractivity contribution >= 4 is 5.91 Å². The van der Waals surface area contributed by atoms with Crippen molar-refractivity contribution in [1.82, 2.24) is 4.90 Å². The third-order valence-electron chi connectivity index (χ3n) is 3.77. The first-order valence-corrected chi connectivity index (χ1v) is 6.58. The molecule has 1 saturated heterocycles. The van der Waals surface area contributed by atoms with Crippen molar-refractivity contribution in [3.05, 3.63) is 24.3 Å². The predicted molar refractivity (Wildman–Crippen MR) is 70.1 cm³/mol. The monoisotopic (exact) mass is 262 g/mol. The molecule has 0 radical (unpaired) electrons. The second-order valence-electron chi connectivity index (χ2n) is 5.25. The van der Waals surface area contributed by atoms with Gasteiger partial charge in [-0.25, -0.2) is 0 Å². The Balaban J connectivity index is 1.70. The minimum absolute atomic E-state index is 0.0331. The zero-order valence-electron chi connectivity index (χ0n) is 10.9. The molecule has 1 fully saturated rings. The highest BCUT2D eigenvalue weighted by Crippen LogP contribution is 2.31. The molecular weight excluding hydrogens is 244 g/mol. The molecule has 0 aromatic heterocycles. The SMILES string of the molecule is CC1CN(C(=O)C2COc3ccccc3O2)CC1N. The molecule has 3 unspecified atom stereocenters. The molecule has 3 atom stereocenters. The maximum absolute atomic E-state index is 12.4. The van der Waals surface area contributed by atoms with Crippen LogP contribution in [0.3, 0.4) is 0 Å². The second kappa shape index (κ2) is 4.74. The first-order chi connectivity index (χ1) is 9.15. The average molecular weight is 262 g/mol. The summed E-state index contributed by atoms with van der Waals surface area (Å²) in [5.41, 5.74) is 5.95. The van der Waals surface area contributed by atoms with E-state index in [0.29, 0.717) is 30.5 Å². The summed E-state index contributed by atoms with van der Waals surface area (Å²) in [4.78, 5) is 14.1. The molecule has 0 spiro atoms. The van der Waals surface area contributed by atoms with Gasteiger partial charge in [-0.05, 0) is 18.1 Å². The molecule has 1 aromatic rings. The van der Waals surface area contributed by atoms with E-state index in [1.165, 1.54) is 0 Å². The molecule has 0 saturated carbocycles. The first kappa shape index (κ1) is 12.3. The lowest BCUT2D eigenvalue weighted by Gasteiger charge is -2.28. The van der Waals surface area contributed by atoms with E-state index < -0.39 is 6.10 Å². The van der Waals surface area contributed by atoms with Crippen LogP contribution in [-0.2, 0) is 4.79 Å². The van der Waals surface area contributed by atoms with Crippen LogP contribution in [0.5, 0.6) is 11.5 Å². The van der Waals surface area contributed by atoms with Gasteiger partial charge in [-0.3, -0.25) is 4.79 Å². The Bertz CT molecular complexity index is 481. The Hall–Kier alpha value is -1.75. The number of hydrogen-bond donors (Lipinski definition) is 1. The molecular formula is C14H18N2O3. The summed E-state index contributed by atoms with van der Waals surface area (Å²) in [6.07, 6.45) is -0.563. The number of para-hydroxylation sites is 2. The number of nitrogens with zero attached hydrogens (tertiary/aromatic N) is 1. The lowest BCUT2D eigenvalue weighted by molar-refractivity contribution is -0.140. The molecule has 102 valence electrons. The Morgan fingerprint density at radius 3 is 2.74 bits per heavy atom. The highest BCUT2D eigenvalue weighted by Gasteiger charge is 2.36. The average Bonchev–Trinajstić information content (AvgIpc) is 2.77. The largest absolute Gasteiger partial charge is 0.485 e. The number of amides is 1. The number of hydrogen-bond acceptors (Lipinski definition) is 4. The standard InChI is InChI=1S/C14H18N2O3/c1-9-6-16(7-10(9)15)14(17)13-8-18-11-4-2-3-5-12(11)19-13/h2-5,9-10,13H,6-8,15H2,1H3. The van der Waals surface area contributed by atoms with Gasteiger partial charge in [-0.1, -0.05) is 19.1 Å². The molecule has 2 N–H and O–H groups in total. The first-order valence-electron chi connectivity index (χ1n) is 6.58. The highest BCUT2D eigenvalue weighted by atomic mass is 16.6. The minimum Gasteiger partial charge on any atom is -0.485 e. The molecule has 0 bridgehead atoms. The fourth-order valence-corrected chi connectivity index (χ4v) is 2.52. The topological polar surface area (TPSA) is 64.8 Å². The Labute approximate surface area is 112 Å². The molecule has 5 heteroatoms. The van der Waals surface area contributed by atoms with E-state index in [4.69, 9.17) is 15.2 Å². The van der Waals surface area contributed by atoms with Gasteiger partial charge in [-0.15, -0.1) is 0 Å². The van der Waals surface area contributed by atoms with Gasteiger partial charge in [0, 0.05) is 19.1 Å². The van der Waals surface area contributed by atoms with Crippen LogP contribution in [0.1, 0.15) is 6.92 Å². The smallest absolute Gasteiger partial charge is 0.267 e. The quantitative estimate of drug-likeness (QED) is 0.806. The molecule has 2 aliphatic rings. The van der Waals surface area contributed by atoms with E-state index >= 15 is 0 Å². The molecule has 0 aliphatic carbocycles. The number of carbonyl (C=O) groups excluding carboxylic acids is 1. The van der Waals surface area contributed by atoms with Gasteiger partial charge in [0.05, 0.1) is 0 Å². The number of nitrogens with two attached hydrogens (primary N) is 1. The van der Waals surface area contributed by atoms with E-state index in [2.05, 4.69) is 6.92 Å². The van der Waals surface area contributed by atoms with Crippen LogP contribution in [0.4, 0.5) is 0 Å². The summed E-state index contributed by atoms with van der Waals surface area (Å²) in [7, 11) is 0. The van der Waals surface area contributed by atoms with E-state index in [0.717, 1.165) is 0 Å². The minimum atomic E-state index is -0.563. The lowest BCUT2D eigenvalue weighted by Crippen LogP contribution is -2.46. The molecule has 3 rings (SSSR count). The summed E-state index contributed by atoms with van der Waals surface area (Å²) in [6.45, 7) is 3.62. The van der Waals surface area contributed by atoms with Gasteiger partial charge in [-0.2, -0.15) is 0 Å². The van der Waals surface area contributed by atoms with Crippen LogP contribution in [-0.4, -0.2) is 42.6 Å². The third kappa shape index (κ3) is 2.26. The number of ether oxygens (including phenoxy) is 2. The van der Waals surface area contributed by atoms with E-state index in [1.807, 2.05) is 24.3 Å². The number of rotatable bonds is 1. The third-order valence-corrected chi connectivity index (χ3v) is 3.77. The normalized spacial score (nSPS) is 29.4. The Morgan fingerprint density at radius 1 is 1.32 bits per heavy atom. The van der Waals surface area contributed by atoms with Gasteiger partial charge < -0.3 is 20.1 Å². The van der Waals surface area contributed by atoms with Gasteiger partial charge in [0.25, 0.3) is 5.91 Å². The summed E-state index contributed by atoms with van der Waals surface area (Å²) >= 11 is 0. The number of likely N-dealkylation sites (tertiary alicyclic amines) is 1. The van der Waals surface area contributed by atoms with E-state index in [-0.39, 0.29) is 18.6 Å². The summed E-state index contributed by atoms with van der Waals surface area (Å²) in [5.74, 6) is 1.62. The number of benzene rings is 1. The lowest BCUT2D eigenvalue weighted by atomic mass is 10.1. The van der Waals surface area contributed by atoms with Crippen LogP contribution in [0, 0.1) is 5.92 Å². The zero-order valence-corrected chi connectivity index (χ0v) is 10.9. The fourth-order valence-electron chi connectivity index (χ4n) is 2.52. The predicted octanol–water partition coefficient (Wildman–Crippen LogP) is 0.632. The molecule has 2 heterocycles. The van der Waals surface area contributed by atoms with Crippen LogP contribution in [0.25, 0.3) is 0 Å². The van der Waals surface area contributed by atoms with Crippen molar-refractivity contribution < 1.29 is 14.3 Å². The number of carbonyl (C=O) groups is 1. The number of fused-ring (bicyclic) bond motifs is 1. The van der Waals surface area contributed by atoms with Crippen LogP contribution >= 0.6 is 0 Å². The molecule has 19 heavy (non-hydrogen) atoms. The zero-order chi connectivity index (χ0) is 13.4. The molecule has 2 aliphatic heterocycles. The van der Waals surface area contributed by atoms with Crippen molar-refractivity contribution in [2.24, 2.45) is 11.7 Å². The molecule has 1 aromatic carbocycles. The van der Waals surface area contributed by atoms with E-state index in [9.17, 15) is 4.79 Å². The summed E-state index contributed by atoms with van der Waals surface area (Å²) < 4.78 is 11.3. The van der Waals surface area contributed by atoms with Gasteiger partial charge in [0.1, 0.15) is 6.61 Å². The highest BCUT2D eigenvalue weighted by molar-refractivity contribution is 5.82. The van der Waals surface area contributed by atoms with Crippen molar-refractivity contribution in [2.45, 2.75) is 19.1 Å². The maximum Gasteiger partial charge on any atom is 0.267 e. The van der Waals surface area contributed by atoms with Crippen LogP contribution < -0.4 is 15.2 Å². The van der Waals surface area contributed by atoms with E-state index in [1.54, 1.807) is 4.90 Å². The summed E-state index contributed by atoms with van der Waals surface area (Å²) in [6, 6.07) is 7.45. The second-order valence-corrected chi connectivity index (χ2v) is 5.25. The molecule has 5 nitrogen and oxygen atoms in total. The molecule has 1 amide bonds. The van der Waals surface area contributed by atoms with Gasteiger partial charge >= 0.3 is 0 Å². The van der Waals surface area contributed by atoms with Crippen molar-refractivity contribution in [2.75, 3.05) is 19.7 Å². The van der Waals surface area contributed by atoms with Crippen molar-refractivity contribution in [1.29, 1.82) is 0 Å². The van der Waals surface area contributed by atoms with Crippen LogP contribution in [0.15, 0.2) is 24.3 Å².